The zero-order valence-electron chi connectivity index (χ0n) is 11.8. The molecule has 6 heteroatoms. The maximum atomic E-state index is 5.74. The molecule has 0 radical (unpaired) electrons. The number of aromatic nitrogens is 2. The highest BCUT2D eigenvalue weighted by molar-refractivity contribution is 9.10. The monoisotopic (exact) mass is 339 g/mol. The van der Waals surface area contributed by atoms with Crippen LogP contribution in [0.5, 0.6) is 5.75 Å². The van der Waals surface area contributed by atoms with E-state index in [4.69, 9.17) is 9.15 Å². The van der Waals surface area contributed by atoms with Gasteiger partial charge in [0.25, 0.3) is 0 Å². The fourth-order valence-corrected chi connectivity index (χ4v) is 2.18. The van der Waals surface area contributed by atoms with Crippen LogP contribution >= 0.6 is 15.9 Å². The van der Waals surface area contributed by atoms with Gasteiger partial charge in [0.05, 0.1) is 18.7 Å². The van der Waals surface area contributed by atoms with Gasteiger partial charge in [-0.05, 0) is 54.0 Å². The molecule has 20 heavy (non-hydrogen) atoms. The topological polar surface area (TPSA) is 60.2 Å². The van der Waals surface area contributed by atoms with Gasteiger partial charge in [-0.2, -0.15) is 0 Å². The van der Waals surface area contributed by atoms with Gasteiger partial charge < -0.3 is 14.5 Å². The first-order valence-electron chi connectivity index (χ1n) is 6.56. The molecule has 0 aliphatic rings. The van der Waals surface area contributed by atoms with Crippen molar-refractivity contribution >= 4 is 15.9 Å². The van der Waals surface area contributed by atoms with Crippen molar-refractivity contribution in [3.05, 3.63) is 28.6 Å². The lowest BCUT2D eigenvalue weighted by Crippen LogP contribution is -2.19. The summed E-state index contributed by atoms with van der Waals surface area (Å²) in [4.78, 5) is 0. The number of hydrogen-bond acceptors (Lipinski definition) is 5. The van der Waals surface area contributed by atoms with Gasteiger partial charge in [-0.3, -0.25) is 0 Å². The second-order valence-electron chi connectivity index (χ2n) is 4.47. The molecule has 1 heterocycles. The van der Waals surface area contributed by atoms with Crippen molar-refractivity contribution in [1.82, 2.24) is 15.5 Å². The first-order valence-corrected chi connectivity index (χ1v) is 7.35. The molecule has 0 fully saturated rings. The fourth-order valence-electron chi connectivity index (χ4n) is 1.76. The summed E-state index contributed by atoms with van der Waals surface area (Å²) in [5.41, 5.74) is 0.825. The van der Waals surface area contributed by atoms with Gasteiger partial charge in [0.1, 0.15) is 5.75 Å². The molecule has 2 aromatic rings. The van der Waals surface area contributed by atoms with Gasteiger partial charge in [0.15, 0.2) is 0 Å². The molecule has 0 bridgehead atoms. The van der Waals surface area contributed by atoms with E-state index in [0.717, 1.165) is 28.8 Å². The highest BCUT2D eigenvalue weighted by Gasteiger charge is 2.16. The van der Waals surface area contributed by atoms with E-state index in [2.05, 4.69) is 38.4 Å². The lowest BCUT2D eigenvalue weighted by molar-refractivity contribution is 0.413. The normalized spacial score (nSPS) is 12.4. The van der Waals surface area contributed by atoms with E-state index in [0.29, 0.717) is 11.8 Å². The van der Waals surface area contributed by atoms with E-state index in [1.165, 1.54) is 0 Å². The molecule has 0 amide bonds. The molecule has 0 aliphatic carbocycles. The molecule has 5 nitrogen and oxygen atoms in total. The van der Waals surface area contributed by atoms with Crippen LogP contribution in [0.25, 0.3) is 11.5 Å². The van der Waals surface area contributed by atoms with Crippen LogP contribution in [0, 0.1) is 0 Å². The van der Waals surface area contributed by atoms with Crippen molar-refractivity contribution in [3.63, 3.8) is 0 Å². The number of benzene rings is 1. The van der Waals surface area contributed by atoms with Crippen molar-refractivity contribution in [1.29, 1.82) is 0 Å². The molecule has 0 saturated heterocycles. The summed E-state index contributed by atoms with van der Waals surface area (Å²) in [6.45, 7) is 5.04. The van der Waals surface area contributed by atoms with Gasteiger partial charge in [-0.1, -0.05) is 6.92 Å². The van der Waals surface area contributed by atoms with E-state index in [1.54, 1.807) is 7.11 Å². The van der Waals surface area contributed by atoms with E-state index in [-0.39, 0.29) is 6.04 Å². The Hall–Kier alpha value is -1.40. The smallest absolute Gasteiger partial charge is 0.249 e. The Labute approximate surface area is 126 Å². The number of halogens is 1. The van der Waals surface area contributed by atoms with Crippen LogP contribution in [0.15, 0.2) is 27.1 Å². The Kier molecular flexibility index (Phi) is 5.14. The van der Waals surface area contributed by atoms with Crippen LogP contribution in [0.2, 0.25) is 0 Å². The molecule has 0 saturated carbocycles. The molecule has 1 aromatic carbocycles. The summed E-state index contributed by atoms with van der Waals surface area (Å²) in [7, 11) is 1.63. The van der Waals surface area contributed by atoms with Crippen LogP contribution in [0.4, 0.5) is 0 Å². The number of hydrogen-bond donors (Lipinski definition) is 1. The quantitative estimate of drug-likeness (QED) is 0.871. The van der Waals surface area contributed by atoms with Gasteiger partial charge in [-0.15, -0.1) is 10.2 Å². The number of nitrogens with one attached hydrogen (secondary N) is 1. The zero-order valence-corrected chi connectivity index (χ0v) is 13.4. The van der Waals surface area contributed by atoms with Crippen molar-refractivity contribution in [2.24, 2.45) is 0 Å². The van der Waals surface area contributed by atoms with Gasteiger partial charge in [0.2, 0.25) is 11.8 Å². The van der Waals surface area contributed by atoms with Crippen LogP contribution in [0.1, 0.15) is 32.2 Å². The van der Waals surface area contributed by atoms with Crippen LogP contribution in [0.3, 0.4) is 0 Å². The Morgan fingerprint density at radius 3 is 2.90 bits per heavy atom. The summed E-state index contributed by atoms with van der Waals surface area (Å²) in [5, 5.41) is 11.5. The molecule has 2 rings (SSSR count). The molecule has 1 atom stereocenters. The molecular formula is C14H18BrN3O2. The van der Waals surface area contributed by atoms with Crippen molar-refractivity contribution in [2.45, 2.75) is 26.3 Å². The lowest BCUT2D eigenvalue weighted by atomic mass is 10.2. The Balaban J connectivity index is 2.24. The second kappa shape index (κ2) is 6.85. The third kappa shape index (κ3) is 3.37. The van der Waals surface area contributed by atoms with Crippen LogP contribution in [-0.4, -0.2) is 23.9 Å². The number of rotatable bonds is 6. The largest absolute Gasteiger partial charge is 0.497 e. The summed E-state index contributed by atoms with van der Waals surface area (Å²) < 4.78 is 11.8. The second-order valence-corrected chi connectivity index (χ2v) is 5.32. The van der Waals surface area contributed by atoms with Crippen molar-refractivity contribution < 1.29 is 9.15 Å². The zero-order chi connectivity index (χ0) is 14.5. The Morgan fingerprint density at radius 1 is 1.40 bits per heavy atom. The maximum absolute atomic E-state index is 5.74. The third-order valence-corrected chi connectivity index (χ3v) is 3.61. The maximum Gasteiger partial charge on any atom is 0.249 e. The average Bonchev–Trinajstić information content (AvgIpc) is 2.95. The lowest BCUT2D eigenvalue weighted by Gasteiger charge is -2.07. The predicted molar refractivity (Wildman–Crippen MR) is 80.7 cm³/mol. The standard InChI is InChI=1S/C14H18BrN3O2/c1-4-7-16-9(2)13-17-18-14(20-13)11-8-10(19-3)5-6-12(11)15/h5-6,8-9,16H,4,7H2,1-3H3. The van der Waals surface area contributed by atoms with E-state index in [1.807, 2.05) is 25.1 Å². The SMILES string of the molecule is CCCNC(C)c1nnc(-c2cc(OC)ccc2Br)o1. The average molecular weight is 340 g/mol. The van der Waals surface area contributed by atoms with Crippen molar-refractivity contribution in [2.75, 3.05) is 13.7 Å². The van der Waals surface area contributed by atoms with Gasteiger partial charge in [0, 0.05) is 4.47 Å². The van der Waals surface area contributed by atoms with Crippen LogP contribution in [-0.2, 0) is 0 Å². The minimum absolute atomic E-state index is 0.0422. The summed E-state index contributed by atoms with van der Waals surface area (Å²) in [6, 6.07) is 5.68. The Bertz CT molecular complexity index is 571. The molecule has 1 aromatic heterocycles. The molecule has 1 N–H and O–H groups in total. The number of nitrogens with zero attached hydrogens (tertiary/aromatic N) is 2. The third-order valence-electron chi connectivity index (χ3n) is 2.92. The minimum Gasteiger partial charge on any atom is -0.497 e. The summed E-state index contributed by atoms with van der Waals surface area (Å²) >= 11 is 3.49. The molecule has 0 aliphatic heterocycles. The van der Waals surface area contributed by atoms with E-state index in [9.17, 15) is 0 Å². The van der Waals surface area contributed by atoms with Gasteiger partial charge >= 0.3 is 0 Å². The Morgan fingerprint density at radius 2 is 2.20 bits per heavy atom. The first-order chi connectivity index (χ1) is 9.65. The minimum atomic E-state index is 0.0422. The van der Waals surface area contributed by atoms with E-state index < -0.39 is 0 Å². The predicted octanol–water partition coefficient (Wildman–Crippen LogP) is 3.57. The summed E-state index contributed by atoms with van der Waals surface area (Å²) in [6.07, 6.45) is 1.06. The van der Waals surface area contributed by atoms with Crippen molar-refractivity contribution in [3.8, 4) is 17.2 Å². The molecule has 0 spiro atoms. The number of methoxy groups -OCH3 is 1. The van der Waals surface area contributed by atoms with Crippen LogP contribution < -0.4 is 10.1 Å². The highest BCUT2D eigenvalue weighted by Crippen LogP contribution is 2.31. The molecule has 108 valence electrons. The van der Waals surface area contributed by atoms with Gasteiger partial charge in [-0.25, -0.2) is 0 Å². The molecule has 1 unspecified atom stereocenters. The molecular weight excluding hydrogens is 322 g/mol. The van der Waals surface area contributed by atoms with E-state index >= 15 is 0 Å². The number of ether oxygens (including phenoxy) is 1. The fraction of sp³-hybridized carbons (Fsp3) is 0.429. The first kappa shape index (κ1) is 15.0. The highest BCUT2D eigenvalue weighted by atomic mass is 79.9. The summed E-state index contributed by atoms with van der Waals surface area (Å²) in [5.74, 6) is 1.82.